The maximum Gasteiger partial charge on any atom is 0.327 e. The molecular weight excluding hydrogens is 424 g/mol. The molecule has 1 aromatic carbocycles. The fourth-order valence-electron chi connectivity index (χ4n) is 4.77. The molecule has 0 radical (unpaired) electrons. The lowest BCUT2D eigenvalue weighted by molar-refractivity contribution is -0.141. The van der Waals surface area contributed by atoms with Gasteiger partial charge in [-0.25, -0.2) is 4.79 Å². The molecule has 8 heteroatoms. The smallest absolute Gasteiger partial charge is 0.327 e. The van der Waals surface area contributed by atoms with Gasteiger partial charge in [0.15, 0.2) is 5.78 Å². The van der Waals surface area contributed by atoms with Crippen molar-refractivity contribution in [1.82, 2.24) is 9.80 Å². The minimum atomic E-state index is -1.06. The summed E-state index contributed by atoms with van der Waals surface area (Å²) >= 11 is 0. The second-order valence-corrected chi connectivity index (χ2v) is 9.58. The van der Waals surface area contributed by atoms with Crippen LogP contribution in [0.4, 0.5) is 4.79 Å². The van der Waals surface area contributed by atoms with Crippen molar-refractivity contribution in [3.8, 4) is 0 Å². The molecular formula is C25H30N2O6. The molecule has 1 unspecified atom stereocenters. The average Bonchev–Trinajstić information content (AvgIpc) is 3.22. The van der Waals surface area contributed by atoms with E-state index >= 15 is 0 Å². The second-order valence-electron chi connectivity index (χ2n) is 9.58. The number of nitrogens with zero attached hydrogens (tertiary/aromatic N) is 2. The standard InChI is InChI=1S/C25H30N2O6/c1-25(2)23(31)27(24(32)26(25)3)12-6-7-16(22(29)30)13-19(28)15-10-11-18-17-8-4-5-9-20(17)33-21(18)14-15/h10-11,14,16H,4-9,12-13H2,1-3H3,(H,29,30). The highest BCUT2D eigenvalue weighted by molar-refractivity contribution is 6.06. The molecule has 33 heavy (non-hydrogen) atoms. The van der Waals surface area contributed by atoms with Crippen LogP contribution in [0.1, 0.15) is 67.6 Å². The first-order chi connectivity index (χ1) is 15.6. The number of amides is 3. The summed E-state index contributed by atoms with van der Waals surface area (Å²) in [6.07, 6.45) is 4.48. The lowest BCUT2D eigenvalue weighted by Gasteiger charge is -2.22. The molecule has 1 atom stereocenters. The first-order valence-corrected chi connectivity index (χ1v) is 11.5. The predicted molar refractivity (Wildman–Crippen MR) is 121 cm³/mol. The number of aryl methyl sites for hydroxylation is 2. The van der Waals surface area contributed by atoms with Crippen molar-refractivity contribution in [2.45, 2.75) is 64.3 Å². The first kappa shape index (κ1) is 23.0. The van der Waals surface area contributed by atoms with Gasteiger partial charge < -0.3 is 14.4 Å². The van der Waals surface area contributed by atoms with E-state index in [-0.39, 0.29) is 37.1 Å². The molecule has 0 spiro atoms. The maximum atomic E-state index is 12.9. The highest BCUT2D eigenvalue weighted by Gasteiger charge is 2.48. The van der Waals surface area contributed by atoms with Crippen molar-refractivity contribution in [1.29, 1.82) is 0 Å². The number of Topliss-reactive ketones (excluding diaryl/α,β-unsaturated/α-hetero) is 1. The number of urea groups is 1. The Bertz CT molecular complexity index is 1130. The van der Waals surface area contributed by atoms with Crippen LogP contribution in [-0.4, -0.2) is 57.7 Å². The maximum absolute atomic E-state index is 12.9. The van der Waals surface area contributed by atoms with E-state index in [4.69, 9.17) is 4.42 Å². The van der Waals surface area contributed by atoms with Gasteiger partial charge in [0.05, 0.1) is 5.92 Å². The number of ketones is 1. The highest BCUT2D eigenvalue weighted by atomic mass is 16.4. The molecule has 3 amide bonds. The first-order valence-electron chi connectivity index (χ1n) is 11.5. The van der Waals surface area contributed by atoms with Gasteiger partial charge in [0.2, 0.25) is 0 Å². The number of carbonyl (C=O) groups is 4. The van der Waals surface area contributed by atoms with E-state index in [0.29, 0.717) is 17.6 Å². The predicted octanol–water partition coefficient (Wildman–Crippen LogP) is 4.04. The molecule has 2 aromatic rings. The molecule has 2 heterocycles. The van der Waals surface area contributed by atoms with E-state index in [9.17, 15) is 24.3 Å². The normalized spacial score (nSPS) is 18.6. The van der Waals surface area contributed by atoms with Crippen LogP contribution < -0.4 is 0 Å². The Morgan fingerprint density at radius 3 is 2.58 bits per heavy atom. The number of carboxylic acid groups (broad SMARTS) is 1. The van der Waals surface area contributed by atoms with Crippen LogP contribution in [0.15, 0.2) is 22.6 Å². The monoisotopic (exact) mass is 454 g/mol. The average molecular weight is 455 g/mol. The quantitative estimate of drug-likeness (QED) is 0.476. The molecule has 1 aliphatic heterocycles. The van der Waals surface area contributed by atoms with Gasteiger partial charge in [-0.1, -0.05) is 12.1 Å². The van der Waals surface area contributed by atoms with E-state index in [1.807, 2.05) is 6.07 Å². The number of rotatable bonds is 8. The van der Waals surface area contributed by atoms with E-state index in [0.717, 1.165) is 41.7 Å². The number of furan rings is 1. The lowest BCUT2D eigenvalue weighted by atomic mass is 9.92. The van der Waals surface area contributed by atoms with Crippen LogP contribution >= 0.6 is 0 Å². The number of hydrogen-bond donors (Lipinski definition) is 1. The van der Waals surface area contributed by atoms with Crippen LogP contribution in [0, 0.1) is 5.92 Å². The van der Waals surface area contributed by atoms with Crippen LogP contribution in [0.5, 0.6) is 0 Å². The van der Waals surface area contributed by atoms with Gasteiger partial charge in [-0.3, -0.25) is 19.3 Å². The number of aliphatic carboxylic acids is 1. The highest BCUT2D eigenvalue weighted by Crippen LogP contribution is 2.33. The van der Waals surface area contributed by atoms with E-state index in [1.165, 1.54) is 10.5 Å². The summed E-state index contributed by atoms with van der Waals surface area (Å²) in [5, 5.41) is 10.7. The molecule has 2 aliphatic rings. The second kappa shape index (κ2) is 8.65. The minimum Gasteiger partial charge on any atom is -0.481 e. The molecule has 1 saturated heterocycles. The molecule has 0 saturated carbocycles. The zero-order chi connectivity index (χ0) is 23.9. The largest absolute Gasteiger partial charge is 0.481 e. The molecule has 1 fully saturated rings. The van der Waals surface area contributed by atoms with Gasteiger partial charge in [-0.2, -0.15) is 0 Å². The third kappa shape index (κ3) is 4.14. The van der Waals surface area contributed by atoms with Crippen molar-refractivity contribution in [3.63, 3.8) is 0 Å². The van der Waals surface area contributed by atoms with Gasteiger partial charge in [0, 0.05) is 42.9 Å². The van der Waals surface area contributed by atoms with Crippen molar-refractivity contribution < 1.29 is 28.7 Å². The summed E-state index contributed by atoms with van der Waals surface area (Å²) < 4.78 is 5.96. The Morgan fingerprint density at radius 1 is 1.18 bits per heavy atom. The number of carbonyl (C=O) groups excluding carboxylic acids is 3. The van der Waals surface area contributed by atoms with Gasteiger partial charge in [-0.15, -0.1) is 0 Å². The number of carboxylic acids is 1. The zero-order valence-corrected chi connectivity index (χ0v) is 19.3. The number of likely N-dealkylation sites (N-methyl/N-ethyl adjacent to an activating group) is 1. The number of imide groups is 1. The Kier molecular flexibility index (Phi) is 6.03. The van der Waals surface area contributed by atoms with Crippen LogP contribution in [0.2, 0.25) is 0 Å². The van der Waals surface area contributed by atoms with Gasteiger partial charge in [0.25, 0.3) is 5.91 Å². The minimum absolute atomic E-state index is 0.132. The fraction of sp³-hybridized carbons (Fsp3) is 0.520. The fourth-order valence-corrected chi connectivity index (χ4v) is 4.77. The Balaban J connectivity index is 1.40. The SMILES string of the molecule is CN1C(=O)N(CCCC(CC(=O)c2ccc3c4c(oc3c2)CCCC4)C(=O)O)C(=O)C1(C)C. The summed E-state index contributed by atoms with van der Waals surface area (Å²) in [5.41, 5.74) is 1.42. The van der Waals surface area contributed by atoms with Crippen molar-refractivity contribution >= 4 is 34.7 Å². The Hall–Kier alpha value is -3.16. The van der Waals surface area contributed by atoms with Crippen molar-refractivity contribution in [2.24, 2.45) is 5.92 Å². The van der Waals surface area contributed by atoms with E-state index in [1.54, 1.807) is 33.0 Å². The molecule has 1 aliphatic carbocycles. The zero-order valence-electron chi connectivity index (χ0n) is 19.3. The summed E-state index contributed by atoms with van der Waals surface area (Å²) in [6.45, 7) is 3.49. The number of fused-ring (bicyclic) bond motifs is 3. The molecule has 8 nitrogen and oxygen atoms in total. The van der Waals surface area contributed by atoms with Crippen LogP contribution in [0.3, 0.4) is 0 Å². The molecule has 4 rings (SSSR count). The third-order valence-corrected chi connectivity index (χ3v) is 7.12. The molecule has 0 bridgehead atoms. The number of hydrogen-bond acceptors (Lipinski definition) is 5. The van der Waals surface area contributed by atoms with E-state index in [2.05, 4.69) is 0 Å². The molecule has 176 valence electrons. The topological polar surface area (TPSA) is 108 Å². The van der Waals surface area contributed by atoms with Crippen molar-refractivity contribution in [3.05, 3.63) is 35.1 Å². The van der Waals surface area contributed by atoms with Crippen LogP contribution in [-0.2, 0) is 22.4 Å². The Labute approximate surface area is 192 Å². The summed E-state index contributed by atoms with van der Waals surface area (Å²) in [6, 6.07) is 4.97. The molecule has 1 aromatic heterocycles. The van der Waals surface area contributed by atoms with Gasteiger partial charge in [0.1, 0.15) is 16.9 Å². The lowest BCUT2D eigenvalue weighted by Crippen LogP contribution is -2.41. The summed E-state index contributed by atoms with van der Waals surface area (Å²) in [7, 11) is 1.57. The van der Waals surface area contributed by atoms with Crippen molar-refractivity contribution in [2.75, 3.05) is 13.6 Å². The van der Waals surface area contributed by atoms with Gasteiger partial charge in [-0.05, 0) is 52.0 Å². The van der Waals surface area contributed by atoms with Crippen LogP contribution in [0.25, 0.3) is 11.0 Å². The third-order valence-electron chi connectivity index (χ3n) is 7.12. The van der Waals surface area contributed by atoms with E-state index < -0.39 is 17.4 Å². The summed E-state index contributed by atoms with van der Waals surface area (Å²) in [4.78, 5) is 52.0. The van der Waals surface area contributed by atoms with Gasteiger partial charge >= 0.3 is 12.0 Å². The molecule has 1 N–H and O–H groups in total. The Morgan fingerprint density at radius 2 is 1.91 bits per heavy atom. The number of benzene rings is 1. The summed E-state index contributed by atoms with van der Waals surface area (Å²) in [5.74, 6) is -1.52.